The first-order valence-corrected chi connectivity index (χ1v) is 9.16. The summed E-state index contributed by atoms with van der Waals surface area (Å²) < 4.78 is 0. The van der Waals surface area contributed by atoms with Crippen molar-refractivity contribution in [3.05, 3.63) is 42.6 Å². The van der Waals surface area contributed by atoms with Crippen molar-refractivity contribution in [2.75, 3.05) is 18.0 Å². The Morgan fingerprint density at radius 1 is 1.04 bits per heavy atom. The molecule has 0 bridgehead atoms. The molecule has 2 saturated heterocycles. The van der Waals surface area contributed by atoms with Crippen LogP contribution in [0.4, 0.5) is 5.82 Å². The minimum Gasteiger partial charge on any atom is -0.351 e. The zero-order chi connectivity index (χ0) is 17.2. The summed E-state index contributed by atoms with van der Waals surface area (Å²) in [5.74, 6) is 1.94. The predicted octanol–water partition coefficient (Wildman–Crippen LogP) is 3.12. The second kappa shape index (κ2) is 6.82. The number of amides is 1. The number of nitrogens with zero attached hydrogens (tertiary/aromatic N) is 4. The molecule has 5 heteroatoms. The van der Waals surface area contributed by atoms with E-state index in [4.69, 9.17) is 4.98 Å². The van der Waals surface area contributed by atoms with Gasteiger partial charge in [0.1, 0.15) is 5.82 Å². The maximum Gasteiger partial charge on any atom is 0.219 e. The van der Waals surface area contributed by atoms with Crippen molar-refractivity contribution in [2.24, 2.45) is 0 Å². The largest absolute Gasteiger partial charge is 0.351 e. The molecule has 1 aromatic carbocycles. The fourth-order valence-electron chi connectivity index (χ4n) is 4.30. The lowest BCUT2D eigenvalue weighted by Crippen LogP contribution is -2.48. The molecule has 2 fully saturated rings. The average molecular weight is 336 g/mol. The minimum atomic E-state index is 0.196. The summed E-state index contributed by atoms with van der Waals surface area (Å²) in [5.41, 5.74) is 1.03. The number of anilines is 1. The Hall–Kier alpha value is -2.43. The molecule has 0 spiro atoms. The maximum absolute atomic E-state index is 12.0. The lowest BCUT2D eigenvalue weighted by atomic mass is 10.0. The normalized spacial score (nSPS) is 23.2. The molecule has 2 unspecified atom stereocenters. The van der Waals surface area contributed by atoms with Crippen LogP contribution in [0.1, 0.15) is 32.6 Å². The van der Waals surface area contributed by atoms with Gasteiger partial charge in [0.05, 0.1) is 12.1 Å². The molecule has 0 saturated carbocycles. The lowest BCUT2D eigenvalue weighted by molar-refractivity contribution is -0.129. The maximum atomic E-state index is 12.0. The van der Waals surface area contributed by atoms with E-state index in [1.54, 1.807) is 6.92 Å². The summed E-state index contributed by atoms with van der Waals surface area (Å²) in [4.78, 5) is 25.7. The number of carbonyl (C=O) groups excluding carboxylic acids is 1. The molecule has 2 aliphatic rings. The third-order valence-electron chi connectivity index (χ3n) is 5.41. The number of hydrogen-bond donors (Lipinski definition) is 0. The average Bonchev–Trinajstić information content (AvgIpc) is 3.31. The molecule has 0 radical (unpaired) electrons. The van der Waals surface area contributed by atoms with Crippen molar-refractivity contribution in [3.63, 3.8) is 0 Å². The zero-order valence-corrected chi connectivity index (χ0v) is 14.6. The van der Waals surface area contributed by atoms with Crippen LogP contribution in [0.5, 0.6) is 0 Å². The Balaban J connectivity index is 1.62. The van der Waals surface area contributed by atoms with Gasteiger partial charge in [-0.3, -0.25) is 4.79 Å². The van der Waals surface area contributed by atoms with Crippen LogP contribution in [0, 0.1) is 0 Å². The highest BCUT2D eigenvalue weighted by Crippen LogP contribution is 2.33. The number of aromatic nitrogens is 2. The molecule has 1 amide bonds. The minimum absolute atomic E-state index is 0.196. The van der Waals surface area contributed by atoms with Gasteiger partial charge in [0, 0.05) is 31.8 Å². The van der Waals surface area contributed by atoms with Gasteiger partial charge < -0.3 is 9.80 Å². The number of likely N-dealkylation sites (tertiary alicyclic amines) is 1. The standard InChI is InChI=1S/C20H24N4O/c1-15(25)23-13-5-9-17(23)18-10-6-14-24(18)19-11-12-21-20(22-19)16-7-3-2-4-8-16/h2-4,7-8,11-12,17-18H,5-6,9-10,13-14H2,1H3. The van der Waals surface area contributed by atoms with Crippen molar-refractivity contribution < 1.29 is 4.79 Å². The van der Waals surface area contributed by atoms with Gasteiger partial charge in [-0.25, -0.2) is 9.97 Å². The molecule has 1 aromatic heterocycles. The number of benzene rings is 1. The molecule has 4 rings (SSSR count). The summed E-state index contributed by atoms with van der Waals surface area (Å²) in [6.07, 6.45) is 6.32. The van der Waals surface area contributed by atoms with E-state index >= 15 is 0 Å². The summed E-state index contributed by atoms with van der Waals surface area (Å²) in [5, 5.41) is 0. The van der Waals surface area contributed by atoms with Crippen molar-refractivity contribution >= 4 is 11.7 Å². The van der Waals surface area contributed by atoms with Crippen LogP contribution in [-0.2, 0) is 4.79 Å². The number of hydrogen-bond acceptors (Lipinski definition) is 4. The SMILES string of the molecule is CC(=O)N1CCCC1C1CCCN1c1ccnc(-c2ccccc2)n1. The van der Waals surface area contributed by atoms with Crippen LogP contribution < -0.4 is 4.90 Å². The highest BCUT2D eigenvalue weighted by Gasteiger charge is 2.39. The van der Waals surface area contributed by atoms with E-state index in [0.29, 0.717) is 12.1 Å². The molecule has 25 heavy (non-hydrogen) atoms. The molecule has 2 aliphatic heterocycles. The van der Waals surface area contributed by atoms with E-state index in [1.165, 1.54) is 0 Å². The van der Waals surface area contributed by atoms with Gasteiger partial charge in [0.2, 0.25) is 5.91 Å². The van der Waals surface area contributed by atoms with Gasteiger partial charge in [-0.05, 0) is 31.7 Å². The first-order valence-electron chi connectivity index (χ1n) is 9.16. The van der Waals surface area contributed by atoms with E-state index in [9.17, 15) is 4.79 Å². The van der Waals surface area contributed by atoms with E-state index in [1.807, 2.05) is 42.6 Å². The molecule has 2 atom stereocenters. The second-order valence-corrected chi connectivity index (χ2v) is 6.93. The third-order valence-corrected chi connectivity index (χ3v) is 5.41. The number of rotatable bonds is 3. The van der Waals surface area contributed by atoms with Crippen molar-refractivity contribution in [3.8, 4) is 11.4 Å². The fourth-order valence-corrected chi connectivity index (χ4v) is 4.30. The summed E-state index contributed by atoms with van der Waals surface area (Å²) in [7, 11) is 0. The van der Waals surface area contributed by atoms with Crippen LogP contribution in [0.25, 0.3) is 11.4 Å². The van der Waals surface area contributed by atoms with Crippen LogP contribution >= 0.6 is 0 Å². The van der Waals surface area contributed by atoms with Crippen LogP contribution in [0.2, 0.25) is 0 Å². The van der Waals surface area contributed by atoms with Gasteiger partial charge in [-0.2, -0.15) is 0 Å². The van der Waals surface area contributed by atoms with Crippen molar-refractivity contribution in [2.45, 2.75) is 44.7 Å². The number of carbonyl (C=O) groups is 1. The Morgan fingerprint density at radius 3 is 2.60 bits per heavy atom. The Morgan fingerprint density at radius 2 is 1.80 bits per heavy atom. The lowest BCUT2D eigenvalue weighted by Gasteiger charge is -2.35. The topological polar surface area (TPSA) is 49.3 Å². The molecular weight excluding hydrogens is 312 g/mol. The van der Waals surface area contributed by atoms with Crippen LogP contribution in [0.15, 0.2) is 42.6 Å². The highest BCUT2D eigenvalue weighted by molar-refractivity contribution is 5.74. The molecule has 130 valence electrons. The van der Waals surface area contributed by atoms with Crippen molar-refractivity contribution in [1.29, 1.82) is 0 Å². The molecule has 0 N–H and O–H groups in total. The van der Waals surface area contributed by atoms with Crippen molar-refractivity contribution in [1.82, 2.24) is 14.9 Å². The first-order chi connectivity index (χ1) is 12.2. The monoisotopic (exact) mass is 336 g/mol. The van der Waals surface area contributed by atoms with E-state index in [0.717, 1.165) is 56.0 Å². The van der Waals surface area contributed by atoms with Gasteiger partial charge in [-0.1, -0.05) is 30.3 Å². The zero-order valence-electron chi connectivity index (χ0n) is 14.6. The Labute approximate surface area is 148 Å². The fraction of sp³-hybridized carbons (Fsp3) is 0.450. The smallest absolute Gasteiger partial charge is 0.219 e. The molecule has 2 aromatic rings. The Bertz CT molecular complexity index is 748. The molecule has 0 aliphatic carbocycles. The van der Waals surface area contributed by atoms with Gasteiger partial charge >= 0.3 is 0 Å². The summed E-state index contributed by atoms with van der Waals surface area (Å²) >= 11 is 0. The van der Waals surface area contributed by atoms with Crippen LogP contribution in [0.3, 0.4) is 0 Å². The second-order valence-electron chi connectivity index (χ2n) is 6.93. The molecular formula is C20H24N4O. The molecule has 3 heterocycles. The Kier molecular flexibility index (Phi) is 4.38. The van der Waals surface area contributed by atoms with Gasteiger partial charge in [-0.15, -0.1) is 0 Å². The van der Waals surface area contributed by atoms with E-state index in [-0.39, 0.29) is 5.91 Å². The summed E-state index contributed by atoms with van der Waals surface area (Å²) in [6.45, 7) is 3.58. The van der Waals surface area contributed by atoms with Crippen LogP contribution in [-0.4, -0.2) is 45.9 Å². The predicted molar refractivity (Wildman–Crippen MR) is 98.2 cm³/mol. The van der Waals surface area contributed by atoms with E-state index in [2.05, 4.69) is 14.8 Å². The summed E-state index contributed by atoms with van der Waals surface area (Å²) in [6, 6.07) is 12.8. The van der Waals surface area contributed by atoms with Gasteiger partial charge in [0.15, 0.2) is 5.82 Å². The van der Waals surface area contributed by atoms with E-state index < -0.39 is 0 Å². The first kappa shape index (κ1) is 16.1. The highest BCUT2D eigenvalue weighted by atomic mass is 16.2. The quantitative estimate of drug-likeness (QED) is 0.864. The van der Waals surface area contributed by atoms with Gasteiger partial charge in [0.25, 0.3) is 0 Å². The third kappa shape index (κ3) is 3.11. The molecule has 5 nitrogen and oxygen atoms in total.